The number of piperidine rings is 1. The monoisotopic (exact) mass is 398 g/mol. The van der Waals surface area contributed by atoms with Crippen LogP contribution in [0.5, 0.6) is 0 Å². The molecule has 1 atom stereocenters. The highest BCUT2D eigenvalue weighted by molar-refractivity contribution is 14.0. The Kier molecular flexibility index (Phi) is 8.48. The summed E-state index contributed by atoms with van der Waals surface area (Å²) in [4.78, 5) is 9.29. The fourth-order valence-electron chi connectivity index (χ4n) is 2.63. The number of guanidine groups is 1. The summed E-state index contributed by atoms with van der Waals surface area (Å²) in [6.45, 7) is 8.79. The summed E-state index contributed by atoms with van der Waals surface area (Å²) in [5, 5.41) is 0. The van der Waals surface area contributed by atoms with Crippen molar-refractivity contribution in [2.45, 2.75) is 19.8 Å². The Labute approximate surface area is 138 Å². The van der Waals surface area contributed by atoms with E-state index >= 15 is 0 Å². The van der Waals surface area contributed by atoms with E-state index in [2.05, 4.69) is 33.5 Å². The van der Waals surface area contributed by atoms with E-state index in [9.17, 15) is 0 Å². The van der Waals surface area contributed by atoms with Gasteiger partial charge in [0.2, 0.25) is 0 Å². The van der Waals surface area contributed by atoms with Crippen molar-refractivity contribution in [3.05, 3.63) is 0 Å². The van der Waals surface area contributed by atoms with Crippen LogP contribution in [0.4, 0.5) is 0 Å². The minimum atomic E-state index is 0. The molecule has 6 heteroatoms. The minimum absolute atomic E-state index is 0. The third-order valence-corrected chi connectivity index (χ3v) is 4.72. The summed E-state index contributed by atoms with van der Waals surface area (Å²) in [6.07, 6.45) is 2.58. The van der Waals surface area contributed by atoms with Crippen LogP contribution >= 0.6 is 35.7 Å². The Balaban J connectivity index is 0.00000180. The lowest BCUT2D eigenvalue weighted by Gasteiger charge is -2.32. The molecular formula is C13H27IN4S. The molecule has 112 valence electrons. The maximum Gasteiger partial charge on any atom is 0.191 e. The van der Waals surface area contributed by atoms with E-state index in [-0.39, 0.29) is 24.0 Å². The number of rotatable bonds is 3. The highest BCUT2D eigenvalue weighted by atomic mass is 127. The molecule has 0 aliphatic carbocycles. The van der Waals surface area contributed by atoms with Crippen molar-refractivity contribution in [3.63, 3.8) is 0 Å². The van der Waals surface area contributed by atoms with Crippen LogP contribution < -0.4 is 5.73 Å². The molecule has 0 aromatic carbocycles. The molecule has 1 unspecified atom stereocenters. The van der Waals surface area contributed by atoms with Gasteiger partial charge < -0.3 is 10.6 Å². The van der Waals surface area contributed by atoms with Gasteiger partial charge in [0, 0.05) is 44.2 Å². The normalized spacial score (nSPS) is 26.1. The molecule has 0 aromatic rings. The highest BCUT2D eigenvalue weighted by Crippen LogP contribution is 2.14. The first-order valence-electron chi connectivity index (χ1n) is 7.10. The molecule has 2 saturated heterocycles. The van der Waals surface area contributed by atoms with Gasteiger partial charge in [-0.05, 0) is 18.8 Å². The molecular weight excluding hydrogens is 371 g/mol. The summed E-state index contributed by atoms with van der Waals surface area (Å²) in [5.74, 6) is 4.05. The van der Waals surface area contributed by atoms with Gasteiger partial charge in [0.05, 0.1) is 6.54 Å². The summed E-state index contributed by atoms with van der Waals surface area (Å²) in [7, 11) is 0. The van der Waals surface area contributed by atoms with Crippen molar-refractivity contribution in [2.24, 2.45) is 16.6 Å². The fraction of sp³-hybridized carbons (Fsp3) is 0.923. The van der Waals surface area contributed by atoms with Crippen molar-refractivity contribution < 1.29 is 0 Å². The number of halogens is 1. The molecule has 4 nitrogen and oxygen atoms in total. The zero-order valence-electron chi connectivity index (χ0n) is 11.9. The third kappa shape index (κ3) is 6.08. The zero-order valence-corrected chi connectivity index (χ0v) is 15.0. The molecule has 0 spiro atoms. The molecule has 0 radical (unpaired) electrons. The predicted molar refractivity (Wildman–Crippen MR) is 95.6 cm³/mol. The van der Waals surface area contributed by atoms with Crippen LogP contribution in [0.2, 0.25) is 0 Å². The Morgan fingerprint density at radius 2 is 2.05 bits per heavy atom. The average molecular weight is 398 g/mol. The smallest absolute Gasteiger partial charge is 0.191 e. The molecule has 2 aliphatic rings. The molecule has 19 heavy (non-hydrogen) atoms. The predicted octanol–water partition coefficient (Wildman–Crippen LogP) is 1.70. The third-order valence-electron chi connectivity index (χ3n) is 3.77. The lowest BCUT2D eigenvalue weighted by atomic mass is 10.0. The summed E-state index contributed by atoms with van der Waals surface area (Å²) < 4.78 is 0. The zero-order chi connectivity index (χ0) is 12.8. The van der Waals surface area contributed by atoms with Crippen molar-refractivity contribution in [1.82, 2.24) is 9.80 Å². The summed E-state index contributed by atoms with van der Waals surface area (Å²) in [5.41, 5.74) is 6.08. The van der Waals surface area contributed by atoms with Crippen molar-refractivity contribution in [2.75, 3.05) is 50.8 Å². The maximum absolute atomic E-state index is 6.08. The maximum atomic E-state index is 6.08. The lowest BCUT2D eigenvalue weighted by molar-refractivity contribution is 0.269. The standard InChI is InChI=1S/C13H26N4S.HI/c1-12-3-2-5-17(11-12)13(14)15-4-6-16-7-9-18-10-8-16;/h12H,2-11H2,1H3,(H2,14,15);1H. The van der Waals surface area contributed by atoms with Gasteiger partial charge in [-0.2, -0.15) is 11.8 Å². The number of thioether (sulfide) groups is 1. The second kappa shape index (κ2) is 9.28. The van der Waals surface area contributed by atoms with Gasteiger partial charge in [0.25, 0.3) is 0 Å². The summed E-state index contributed by atoms with van der Waals surface area (Å²) >= 11 is 2.05. The number of nitrogens with zero attached hydrogens (tertiary/aromatic N) is 3. The van der Waals surface area contributed by atoms with Gasteiger partial charge in [0.1, 0.15) is 0 Å². The van der Waals surface area contributed by atoms with Gasteiger partial charge >= 0.3 is 0 Å². The van der Waals surface area contributed by atoms with E-state index in [1.54, 1.807) is 0 Å². The van der Waals surface area contributed by atoms with Crippen LogP contribution in [-0.2, 0) is 0 Å². The van der Waals surface area contributed by atoms with Crippen molar-refractivity contribution >= 4 is 41.7 Å². The summed E-state index contributed by atoms with van der Waals surface area (Å²) in [6, 6.07) is 0. The molecule has 2 rings (SSSR count). The molecule has 2 aliphatic heterocycles. The quantitative estimate of drug-likeness (QED) is 0.447. The largest absolute Gasteiger partial charge is 0.370 e. The molecule has 0 aromatic heterocycles. The first kappa shape index (κ1) is 17.4. The van der Waals surface area contributed by atoms with E-state index in [1.807, 2.05) is 0 Å². The van der Waals surface area contributed by atoms with Crippen LogP contribution in [0.25, 0.3) is 0 Å². The second-order valence-corrected chi connectivity index (χ2v) is 6.61. The van der Waals surface area contributed by atoms with Gasteiger partial charge in [-0.25, -0.2) is 0 Å². The second-order valence-electron chi connectivity index (χ2n) is 5.39. The fourth-order valence-corrected chi connectivity index (χ4v) is 3.61. The number of hydrogen-bond acceptors (Lipinski definition) is 3. The van der Waals surface area contributed by atoms with Crippen LogP contribution in [0, 0.1) is 5.92 Å². The van der Waals surface area contributed by atoms with Crippen LogP contribution in [0.15, 0.2) is 4.99 Å². The van der Waals surface area contributed by atoms with Gasteiger partial charge in [-0.15, -0.1) is 24.0 Å². The van der Waals surface area contributed by atoms with Gasteiger partial charge in [-0.3, -0.25) is 9.89 Å². The molecule has 0 saturated carbocycles. The topological polar surface area (TPSA) is 44.9 Å². The van der Waals surface area contributed by atoms with Crippen LogP contribution in [0.3, 0.4) is 0 Å². The molecule has 0 amide bonds. The van der Waals surface area contributed by atoms with E-state index in [4.69, 9.17) is 5.73 Å². The van der Waals surface area contributed by atoms with Crippen LogP contribution in [-0.4, -0.2) is 66.5 Å². The molecule has 2 N–H and O–H groups in total. The first-order chi connectivity index (χ1) is 8.75. The van der Waals surface area contributed by atoms with Gasteiger partial charge in [-0.1, -0.05) is 6.92 Å². The first-order valence-corrected chi connectivity index (χ1v) is 8.26. The molecule has 2 heterocycles. The van der Waals surface area contributed by atoms with Crippen molar-refractivity contribution in [1.29, 1.82) is 0 Å². The number of likely N-dealkylation sites (tertiary alicyclic amines) is 1. The Morgan fingerprint density at radius 1 is 1.32 bits per heavy atom. The SMILES string of the molecule is CC1CCCN(C(N)=NCCN2CCSCC2)C1.I. The Hall–Kier alpha value is 0.310. The average Bonchev–Trinajstić information content (AvgIpc) is 2.40. The van der Waals surface area contributed by atoms with Gasteiger partial charge in [0.15, 0.2) is 5.96 Å². The lowest BCUT2D eigenvalue weighted by Crippen LogP contribution is -2.44. The minimum Gasteiger partial charge on any atom is -0.370 e. The highest BCUT2D eigenvalue weighted by Gasteiger charge is 2.17. The van der Waals surface area contributed by atoms with E-state index in [0.29, 0.717) is 0 Å². The van der Waals surface area contributed by atoms with Crippen LogP contribution in [0.1, 0.15) is 19.8 Å². The number of nitrogens with two attached hydrogens (primary N) is 1. The Bertz CT molecular complexity index is 282. The van der Waals surface area contributed by atoms with E-state index in [1.165, 1.54) is 37.4 Å². The van der Waals surface area contributed by atoms with E-state index in [0.717, 1.165) is 38.1 Å². The number of aliphatic imine (C=N–C) groups is 1. The van der Waals surface area contributed by atoms with E-state index < -0.39 is 0 Å². The molecule has 2 fully saturated rings. The molecule has 0 bridgehead atoms. The number of hydrogen-bond donors (Lipinski definition) is 1. The Morgan fingerprint density at radius 3 is 2.74 bits per heavy atom. The van der Waals surface area contributed by atoms with Crippen molar-refractivity contribution in [3.8, 4) is 0 Å².